The van der Waals surface area contributed by atoms with E-state index in [2.05, 4.69) is 32.6 Å². The summed E-state index contributed by atoms with van der Waals surface area (Å²) in [5.41, 5.74) is 1.27. The smallest absolute Gasteiger partial charge is 0.0633 e. The molecule has 1 nitrogen and oxygen atoms in total. The highest BCUT2D eigenvalue weighted by Gasteiger charge is 2.23. The fraction of sp³-hybridized carbons (Fsp3) is 0.500. The molecule has 0 amide bonds. The third kappa shape index (κ3) is 4.01. The molecule has 0 bridgehead atoms. The van der Waals surface area contributed by atoms with Gasteiger partial charge in [-0.15, -0.1) is 6.58 Å². The number of aliphatic hydroxyl groups excluding tert-OH is 1. The molecule has 0 aromatic heterocycles. The van der Waals surface area contributed by atoms with E-state index in [4.69, 9.17) is 0 Å². The van der Waals surface area contributed by atoms with E-state index < -0.39 is 0 Å². The van der Waals surface area contributed by atoms with Crippen molar-refractivity contribution in [1.82, 2.24) is 0 Å². The molecule has 0 heterocycles. The lowest BCUT2D eigenvalue weighted by Gasteiger charge is -2.26. The topological polar surface area (TPSA) is 20.2 Å². The second kappa shape index (κ2) is 7.29. The van der Waals surface area contributed by atoms with Crippen LogP contribution in [-0.2, 0) is 6.42 Å². The summed E-state index contributed by atoms with van der Waals surface area (Å²) in [6.45, 7) is 8.15. The van der Waals surface area contributed by atoms with Crippen molar-refractivity contribution in [3.63, 3.8) is 0 Å². The maximum Gasteiger partial charge on any atom is 0.0633 e. The Bertz CT molecular complexity index is 314. The quantitative estimate of drug-likeness (QED) is 0.708. The predicted molar refractivity (Wildman–Crippen MR) is 73.9 cm³/mol. The van der Waals surface area contributed by atoms with Gasteiger partial charge in [-0.25, -0.2) is 0 Å². The number of aliphatic hydroxyl groups is 1. The highest BCUT2D eigenvalue weighted by atomic mass is 16.3. The van der Waals surface area contributed by atoms with E-state index in [9.17, 15) is 5.11 Å². The molecule has 0 spiro atoms. The van der Waals surface area contributed by atoms with Crippen molar-refractivity contribution in [2.75, 3.05) is 0 Å². The number of benzene rings is 1. The Morgan fingerprint density at radius 2 is 1.76 bits per heavy atom. The molecule has 2 atom stereocenters. The molecule has 1 aromatic carbocycles. The molecular weight excluding hydrogens is 208 g/mol. The van der Waals surface area contributed by atoms with Gasteiger partial charge in [0.2, 0.25) is 0 Å². The van der Waals surface area contributed by atoms with Gasteiger partial charge in [0.05, 0.1) is 6.10 Å². The van der Waals surface area contributed by atoms with E-state index in [1.165, 1.54) is 5.56 Å². The van der Waals surface area contributed by atoms with Gasteiger partial charge in [-0.05, 0) is 17.9 Å². The summed E-state index contributed by atoms with van der Waals surface area (Å²) in [6, 6.07) is 10.3. The van der Waals surface area contributed by atoms with Gasteiger partial charge in [0.25, 0.3) is 0 Å². The van der Waals surface area contributed by atoms with Crippen LogP contribution in [0.3, 0.4) is 0 Å². The molecule has 0 aliphatic rings. The van der Waals surface area contributed by atoms with Gasteiger partial charge >= 0.3 is 0 Å². The van der Waals surface area contributed by atoms with Gasteiger partial charge in [-0.1, -0.05) is 63.1 Å². The highest BCUT2D eigenvalue weighted by molar-refractivity contribution is 5.16. The van der Waals surface area contributed by atoms with Crippen LogP contribution in [0.2, 0.25) is 0 Å². The van der Waals surface area contributed by atoms with Gasteiger partial charge in [0, 0.05) is 5.92 Å². The minimum absolute atomic E-state index is 0.155. The van der Waals surface area contributed by atoms with Crippen LogP contribution in [-0.4, -0.2) is 11.2 Å². The third-order valence-electron chi connectivity index (χ3n) is 3.59. The van der Waals surface area contributed by atoms with Crippen LogP contribution in [0.4, 0.5) is 0 Å². The molecule has 1 heteroatoms. The largest absolute Gasteiger partial charge is 0.392 e. The number of hydrogen-bond acceptors (Lipinski definition) is 1. The first-order valence-corrected chi connectivity index (χ1v) is 6.57. The standard InChI is InChI=1S/C16H24O/c1-4-14(5-2)16(17)15(6-3)12-13-10-8-7-9-11-13/h6-11,14-17H,3-5,12H2,1-2H3/t15-,16-/m1/s1. The fourth-order valence-electron chi connectivity index (χ4n) is 2.35. The third-order valence-corrected chi connectivity index (χ3v) is 3.59. The molecule has 1 aromatic rings. The van der Waals surface area contributed by atoms with Gasteiger partial charge < -0.3 is 5.11 Å². The molecule has 0 saturated heterocycles. The first kappa shape index (κ1) is 14.0. The van der Waals surface area contributed by atoms with Crippen molar-refractivity contribution in [3.8, 4) is 0 Å². The molecule has 0 saturated carbocycles. The Morgan fingerprint density at radius 1 is 1.18 bits per heavy atom. The summed E-state index contributed by atoms with van der Waals surface area (Å²) in [6.07, 6.45) is 4.55. The molecule has 0 aliphatic carbocycles. The minimum Gasteiger partial charge on any atom is -0.392 e. The fourth-order valence-corrected chi connectivity index (χ4v) is 2.35. The van der Waals surface area contributed by atoms with Crippen LogP contribution in [0, 0.1) is 11.8 Å². The van der Waals surface area contributed by atoms with Crippen LogP contribution < -0.4 is 0 Å². The zero-order valence-corrected chi connectivity index (χ0v) is 11.0. The average Bonchev–Trinajstić information content (AvgIpc) is 2.38. The first-order chi connectivity index (χ1) is 8.22. The van der Waals surface area contributed by atoms with E-state index in [0.717, 1.165) is 19.3 Å². The maximum absolute atomic E-state index is 10.4. The molecule has 1 rings (SSSR count). The summed E-state index contributed by atoms with van der Waals surface area (Å²) in [4.78, 5) is 0. The molecule has 0 unspecified atom stereocenters. The monoisotopic (exact) mass is 232 g/mol. The van der Waals surface area contributed by atoms with Crippen molar-refractivity contribution in [3.05, 3.63) is 48.6 Å². The van der Waals surface area contributed by atoms with Crippen LogP contribution in [0.15, 0.2) is 43.0 Å². The Kier molecular flexibility index (Phi) is 5.99. The summed E-state index contributed by atoms with van der Waals surface area (Å²) >= 11 is 0. The zero-order valence-electron chi connectivity index (χ0n) is 11.0. The van der Waals surface area contributed by atoms with Crippen LogP contribution in [0.5, 0.6) is 0 Å². The van der Waals surface area contributed by atoms with Crippen molar-refractivity contribution < 1.29 is 5.11 Å². The number of rotatable bonds is 7. The van der Waals surface area contributed by atoms with E-state index in [-0.39, 0.29) is 12.0 Å². The van der Waals surface area contributed by atoms with Crippen LogP contribution >= 0.6 is 0 Å². The molecule has 0 radical (unpaired) electrons. The lowest BCUT2D eigenvalue weighted by Crippen LogP contribution is -2.28. The molecule has 0 aliphatic heterocycles. The van der Waals surface area contributed by atoms with Crippen molar-refractivity contribution in [2.45, 2.75) is 39.2 Å². The predicted octanol–water partition coefficient (Wildman–Crippen LogP) is 3.83. The van der Waals surface area contributed by atoms with E-state index in [1.54, 1.807) is 0 Å². The van der Waals surface area contributed by atoms with Gasteiger partial charge in [0.15, 0.2) is 0 Å². The highest BCUT2D eigenvalue weighted by Crippen LogP contribution is 2.23. The van der Waals surface area contributed by atoms with Gasteiger partial charge in [0.1, 0.15) is 0 Å². The Balaban J connectivity index is 2.68. The van der Waals surface area contributed by atoms with E-state index >= 15 is 0 Å². The van der Waals surface area contributed by atoms with Crippen molar-refractivity contribution >= 4 is 0 Å². The van der Waals surface area contributed by atoms with Crippen molar-refractivity contribution in [2.24, 2.45) is 11.8 Å². The lowest BCUT2D eigenvalue weighted by molar-refractivity contribution is 0.0645. The second-order valence-corrected chi connectivity index (χ2v) is 4.66. The summed E-state index contributed by atoms with van der Waals surface area (Å²) in [5.74, 6) is 0.531. The summed E-state index contributed by atoms with van der Waals surface area (Å²) in [7, 11) is 0. The second-order valence-electron chi connectivity index (χ2n) is 4.66. The molecule has 1 N–H and O–H groups in total. The van der Waals surface area contributed by atoms with Gasteiger partial charge in [-0.3, -0.25) is 0 Å². The molecule has 17 heavy (non-hydrogen) atoms. The normalized spacial score (nSPS) is 14.6. The SMILES string of the molecule is C=C[C@H](Cc1ccccc1)[C@H](O)C(CC)CC. The molecule has 94 valence electrons. The van der Waals surface area contributed by atoms with E-state index in [0.29, 0.717) is 5.92 Å². The van der Waals surface area contributed by atoms with Crippen LogP contribution in [0.25, 0.3) is 0 Å². The minimum atomic E-state index is -0.275. The summed E-state index contributed by atoms with van der Waals surface area (Å²) in [5, 5.41) is 10.4. The first-order valence-electron chi connectivity index (χ1n) is 6.57. The lowest BCUT2D eigenvalue weighted by atomic mass is 9.84. The van der Waals surface area contributed by atoms with Gasteiger partial charge in [-0.2, -0.15) is 0 Å². The Labute approximate surface area is 105 Å². The average molecular weight is 232 g/mol. The summed E-state index contributed by atoms with van der Waals surface area (Å²) < 4.78 is 0. The Hall–Kier alpha value is -1.08. The maximum atomic E-state index is 10.4. The van der Waals surface area contributed by atoms with Crippen molar-refractivity contribution in [1.29, 1.82) is 0 Å². The number of hydrogen-bond donors (Lipinski definition) is 1. The zero-order chi connectivity index (χ0) is 12.7. The van der Waals surface area contributed by atoms with Crippen LogP contribution in [0.1, 0.15) is 32.3 Å². The van der Waals surface area contributed by atoms with E-state index in [1.807, 2.05) is 24.3 Å². The Morgan fingerprint density at radius 3 is 2.24 bits per heavy atom. The molecular formula is C16H24O. The molecule has 0 fully saturated rings.